The van der Waals surface area contributed by atoms with E-state index in [9.17, 15) is 5.26 Å². The fraction of sp³-hybridized carbons (Fsp3) is 0.429. The predicted molar refractivity (Wildman–Crippen MR) is 143 cm³/mol. The molecule has 0 spiro atoms. The van der Waals surface area contributed by atoms with Gasteiger partial charge in [0.2, 0.25) is 0 Å². The first kappa shape index (κ1) is 24.8. The van der Waals surface area contributed by atoms with E-state index in [0.717, 1.165) is 46.4 Å². The van der Waals surface area contributed by atoms with Crippen LogP contribution < -0.4 is 10.2 Å². The quantitative estimate of drug-likeness (QED) is 0.307. The molecule has 0 bridgehead atoms. The summed E-state index contributed by atoms with van der Waals surface area (Å²) in [7, 11) is 0. The molecule has 0 amide bonds. The highest BCUT2D eigenvalue weighted by Gasteiger charge is 2.34. The van der Waals surface area contributed by atoms with Crippen LogP contribution in [-0.2, 0) is 0 Å². The van der Waals surface area contributed by atoms with Crippen molar-refractivity contribution >= 4 is 28.4 Å². The molecule has 1 saturated heterocycles. The number of hydrogen-bond acceptors (Lipinski definition) is 5. The summed E-state index contributed by atoms with van der Waals surface area (Å²) in [5, 5.41) is 15.1. The Morgan fingerprint density at radius 1 is 1.36 bits per heavy atom. The maximum Gasteiger partial charge on any atom is 0.0992 e. The van der Waals surface area contributed by atoms with Gasteiger partial charge in [0.25, 0.3) is 0 Å². The summed E-state index contributed by atoms with van der Waals surface area (Å²) in [5.41, 5.74) is 5.64. The second kappa shape index (κ2) is 11.3. The average molecular weight is 461 g/mol. The Morgan fingerprint density at radius 3 is 2.82 bits per heavy atom. The van der Waals surface area contributed by atoms with Crippen molar-refractivity contribution in [3.63, 3.8) is 0 Å². The summed E-state index contributed by atoms with van der Waals surface area (Å²) >= 11 is 1.68. The van der Waals surface area contributed by atoms with Gasteiger partial charge in [0.1, 0.15) is 0 Å². The highest BCUT2D eigenvalue weighted by Crippen LogP contribution is 2.41. The molecule has 0 saturated carbocycles. The zero-order valence-corrected chi connectivity index (χ0v) is 21.3. The number of nitrogens with zero attached hydrogens (tertiary/aromatic N) is 3. The Balaban J connectivity index is 1.88. The van der Waals surface area contributed by atoms with Crippen molar-refractivity contribution < 1.29 is 0 Å². The molecule has 4 nitrogen and oxygen atoms in total. The lowest BCUT2D eigenvalue weighted by molar-refractivity contribution is 0.202. The minimum Gasteiger partial charge on any atom is -0.369 e. The standard InChI is InChI=1S/C28H36N4S/c1-6-14-28(8-3)15-10-16-32(20-28)26-18-23(19-29)12-13-25(26)30-21(4)24(7-2)31-22(5)27-11-9-17-33-27/h7,9,11-13,17-18,30H,4,6,8,10,14-16,20H2,1-3,5H3/b24-7-,31-22+. The minimum atomic E-state index is 0.348. The lowest BCUT2D eigenvalue weighted by Crippen LogP contribution is -2.43. The predicted octanol–water partition coefficient (Wildman–Crippen LogP) is 7.76. The van der Waals surface area contributed by atoms with E-state index >= 15 is 0 Å². The molecule has 1 aromatic heterocycles. The van der Waals surface area contributed by atoms with Crippen LogP contribution in [0, 0.1) is 16.7 Å². The number of thiophene rings is 1. The van der Waals surface area contributed by atoms with Gasteiger partial charge in [-0.2, -0.15) is 5.26 Å². The number of anilines is 2. The van der Waals surface area contributed by atoms with Crippen LogP contribution in [0.15, 0.2) is 64.8 Å². The van der Waals surface area contributed by atoms with Gasteiger partial charge < -0.3 is 10.2 Å². The fourth-order valence-electron chi connectivity index (χ4n) is 4.83. The van der Waals surface area contributed by atoms with E-state index in [1.54, 1.807) is 11.3 Å². The lowest BCUT2D eigenvalue weighted by Gasteiger charge is -2.44. The first-order valence-corrected chi connectivity index (χ1v) is 12.8. The molecule has 33 heavy (non-hydrogen) atoms. The van der Waals surface area contributed by atoms with E-state index in [0.29, 0.717) is 11.0 Å². The molecule has 174 valence electrons. The minimum absolute atomic E-state index is 0.348. The van der Waals surface area contributed by atoms with Crippen LogP contribution in [0.1, 0.15) is 70.2 Å². The summed E-state index contributed by atoms with van der Waals surface area (Å²) in [6.45, 7) is 14.9. The van der Waals surface area contributed by atoms with Crippen LogP contribution in [0.5, 0.6) is 0 Å². The zero-order valence-electron chi connectivity index (χ0n) is 20.4. The third-order valence-corrected chi connectivity index (χ3v) is 7.67. The number of nitrogens with one attached hydrogen (secondary N) is 1. The molecule has 5 heteroatoms. The number of allylic oxidation sites excluding steroid dienone is 1. The lowest BCUT2D eigenvalue weighted by atomic mass is 9.74. The van der Waals surface area contributed by atoms with Crippen molar-refractivity contribution in [3.8, 4) is 6.07 Å². The smallest absolute Gasteiger partial charge is 0.0992 e. The van der Waals surface area contributed by atoms with Gasteiger partial charge in [0.15, 0.2) is 0 Å². The van der Waals surface area contributed by atoms with Gasteiger partial charge in [-0.3, -0.25) is 4.99 Å². The van der Waals surface area contributed by atoms with Crippen molar-refractivity contribution in [1.82, 2.24) is 0 Å². The molecule has 0 aliphatic carbocycles. The van der Waals surface area contributed by atoms with Crippen LogP contribution in [0.25, 0.3) is 0 Å². The van der Waals surface area contributed by atoms with E-state index in [-0.39, 0.29) is 0 Å². The molecule has 1 atom stereocenters. The monoisotopic (exact) mass is 460 g/mol. The summed E-state index contributed by atoms with van der Waals surface area (Å²) in [6, 6.07) is 12.3. The first-order chi connectivity index (χ1) is 15.9. The van der Waals surface area contributed by atoms with Gasteiger partial charge in [-0.15, -0.1) is 11.3 Å². The van der Waals surface area contributed by atoms with Gasteiger partial charge in [-0.05, 0) is 74.6 Å². The summed E-state index contributed by atoms with van der Waals surface area (Å²) in [5.74, 6) is 0. The van der Waals surface area contributed by atoms with E-state index < -0.39 is 0 Å². The van der Waals surface area contributed by atoms with Crippen molar-refractivity contribution in [2.24, 2.45) is 10.4 Å². The van der Waals surface area contributed by atoms with Gasteiger partial charge in [-0.25, -0.2) is 0 Å². The maximum atomic E-state index is 9.55. The second-order valence-corrected chi connectivity index (χ2v) is 9.87. The van der Waals surface area contributed by atoms with Gasteiger partial charge in [0, 0.05) is 18.0 Å². The largest absolute Gasteiger partial charge is 0.369 e. The molecular weight excluding hydrogens is 424 g/mol. The third-order valence-electron chi connectivity index (χ3n) is 6.69. The molecule has 1 unspecified atom stereocenters. The number of piperidine rings is 1. The Bertz CT molecular complexity index is 1050. The molecular formula is C28H36N4S. The van der Waals surface area contributed by atoms with Gasteiger partial charge in [0.05, 0.1) is 40.1 Å². The summed E-state index contributed by atoms with van der Waals surface area (Å²) < 4.78 is 0. The third kappa shape index (κ3) is 5.94. The van der Waals surface area contributed by atoms with Crippen molar-refractivity contribution in [2.45, 2.75) is 59.8 Å². The number of nitriles is 1. The normalized spacial score (nSPS) is 19.3. The molecule has 0 radical (unpaired) electrons. The molecule has 1 N–H and O–H groups in total. The fourth-order valence-corrected chi connectivity index (χ4v) is 5.51. The Morgan fingerprint density at radius 2 is 2.18 bits per heavy atom. The van der Waals surface area contributed by atoms with Crippen LogP contribution >= 0.6 is 11.3 Å². The van der Waals surface area contributed by atoms with E-state index in [1.165, 1.54) is 32.1 Å². The van der Waals surface area contributed by atoms with Gasteiger partial charge >= 0.3 is 0 Å². The second-order valence-electron chi connectivity index (χ2n) is 8.92. The topological polar surface area (TPSA) is 51.4 Å². The number of rotatable bonds is 9. The van der Waals surface area contributed by atoms with Crippen LogP contribution in [0.2, 0.25) is 0 Å². The Hall–Kier alpha value is -2.84. The SMILES string of the molecule is C=C(Nc1ccc(C#N)cc1N1CCCC(CC)(CCC)C1)C(=C/C)/N=C(\C)c1cccs1. The van der Waals surface area contributed by atoms with Crippen LogP contribution in [-0.4, -0.2) is 18.8 Å². The van der Waals surface area contributed by atoms with E-state index in [1.807, 2.05) is 44.2 Å². The first-order valence-electron chi connectivity index (χ1n) is 12.0. The number of benzene rings is 1. The highest BCUT2D eigenvalue weighted by molar-refractivity contribution is 7.12. The summed E-state index contributed by atoms with van der Waals surface area (Å²) in [4.78, 5) is 8.45. The highest BCUT2D eigenvalue weighted by atomic mass is 32.1. The van der Waals surface area contributed by atoms with Crippen LogP contribution in [0.3, 0.4) is 0 Å². The van der Waals surface area contributed by atoms with Crippen molar-refractivity contribution in [2.75, 3.05) is 23.3 Å². The molecule has 1 aliphatic heterocycles. The average Bonchev–Trinajstić information content (AvgIpc) is 3.38. The molecule has 2 aromatic rings. The molecule has 1 aliphatic rings. The Labute approximate surface area is 203 Å². The maximum absolute atomic E-state index is 9.55. The zero-order chi connectivity index (χ0) is 23.8. The van der Waals surface area contributed by atoms with Crippen molar-refractivity contribution in [3.05, 3.63) is 70.2 Å². The molecule has 3 rings (SSSR count). The van der Waals surface area contributed by atoms with E-state index in [4.69, 9.17) is 4.99 Å². The number of hydrogen-bond donors (Lipinski definition) is 1. The number of aliphatic imine (C=N–C) groups is 1. The van der Waals surface area contributed by atoms with Gasteiger partial charge in [-0.1, -0.05) is 39.0 Å². The Kier molecular flexibility index (Phi) is 8.52. The van der Waals surface area contributed by atoms with Crippen molar-refractivity contribution in [1.29, 1.82) is 5.26 Å². The van der Waals surface area contributed by atoms with Crippen LogP contribution in [0.4, 0.5) is 11.4 Å². The van der Waals surface area contributed by atoms with E-state index in [2.05, 4.69) is 48.2 Å². The molecule has 2 heterocycles. The molecule has 1 fully saturated rings. The summed E-state index contributed by atoms with van der Waals surface area (Å²) in [6.07, 6.45) is 8.07. The molecule has 1 aromatic carbocycles.